The molecule has 246 valence electrons. The van der Waals surface area contributed by atoms with Crippen LogP contribution < -0.4 is 20.7 Å². The number of piperidine rings is 1. The molecule has 3 heterocycles. The average molecular weight is 635 g/mol. The normalized spacial score (nSPS) is 16.0. The van der Waals surface area contributed by atoms with E-state index in [0.717, 1.165) is 6.42 Å². The number of aryl methyl sites for hydroxylation is 3. The van der Waals surface area contributed by atoms with Crippen LogP contribution >= 0.6 is 0 Å². The molecule has 13 nitrogen and oxygen atoms in total. The standard InChI is InChI=1S/C33H42N6O7/c1-17(2)13-25(39-32(43)26-15-22-23(37-26)10-7-11-28(22)45-6)31(42)38-24(14-21-9-8-12-34-30(21)41)27(40)16-46-33(44)29-18(3)35-20(5)36-19(29)4/h7,10-11,15,17,21,24-25,37H,8-9,12-14,16H2,1-6H3,(H,34,41)(H,38,42)(H,39,43)/t21-,24-,25-/m0/s1. The highest BCUT2D eigenvalue weighted by atomic mass is 16.5. The minimum absolute atomic E-state index is 0.0151. The number of ether oxygens (including phenoxy) is 2. The second kappa shape index (κ2) is 15.0. The predicted octanol–water partition coefficient (Wildman–Crippen LogP) is 2.86. The van der Waals surface area contributed by atoms with Crippen molar-refractivity contribution in [3.63, 3.8) is 0 Å². The number of amides is 3. The van der Waals surface area contributed by atoms with Crippen LogP contribution in [0.5, 0.6) is 5.75 Å². The van der Waals surface area contributed by atoms with Gasteiger partial charge in [0, 0.05) is 23.4 Å². The molecule has 1 aliphatic rings. The summed E-state index contributed by atoms with van der Waals surface area (Å²) in [6.45, 7) is 8.74. The molecule has 1 fully saturated rings. The number of fused-ring (bicyclic) bond motifs is 1. The van der Waals surface area contributed by atoms with Crippen LogP contribution in [0, 0.1) is 32.6 Å². The number of H-pyrrole nitrogens is 1. The summed E-state index contributed by atoms with van der Waals surface area (Å²) in [5.41, 5.74) is 1.95. The maximum absolute atomic E-state index is 13.7. The minimum Gasteiger partial charge on any atom is -0.496 e. The first-order chi connectivity index (χ1) is 21.9. The Bertz CT molecular complexity index is 1610. The minimum atomic E-state index is -1.14. The van der Waals surface area contributed by atoms with Gasteiger partial charge in [-0.25, -0.2) is 14.8 Å². The summed E-state index contributed by atoms with van der Waals surface area (Å²) in [7, 11) is 1.54. The molecule has 3 amide bonds. The Morgan fingerprint density at radius 1 is 1.04 bits per heavy atom. The third kappa shape index (κ3) is 8.26. The molecule has 0 unspecified atom stereocenters. The van der Waals surface area contributed by atoms with Gasteiger partial charge in [0.05, 0.1) is 24.5 Å². The zero-order chi connectivity index (χ0) is 33.5. The molecule has 0 aliphatic carbocycles. The van der Waals surface area contributed by atoms with Crippen molar-refractivity contribution in [2.24, 2.45) is 11.8 Å². The van der Waals surface area contributed by atoms with E-state index < -0.39 is 48.2 Å². The lowest BCUT2D eigenvalue weighted by atomic mass is 9.90. The van der Waals surface area contributed by atoms with Gasteiger partial charge in [0.25, 0.3) is 5.91 Å². The smallest absolute Gasteiger partial charge is 0.342 e. The molecular formula is C33H42N6O7. The van der Waals surface area contributed by atoms with Crippen LogP contribution in [-0.2, 0) is 19.1 Å². The quantitative estimate of drug-likeness (QED) is 0.206. The highest BCUT2D eigenvalue weighted by molar-refractivity contribution is 6.02. The van der Waals surface area contributed by atoms with Gasteiger partial charge < -0.3 is 30.4 Å². The first-order valence-corrected chi connectivity index (χ1v) is 15.4. The largest absolute Gasteiger partial charge is 0.496 e. The van der Waals surface area contributed by atoms with Crippen molar-refractivity contribution in [1.82, 2.24) is 30.9 Å². The molecule has 46 heavy (non-hydrogen) atoms. The monoisotopic (exact) mass is 634 g/mol. The van der Waals surface area contributed by atoms with E-state index in [2.05, 4.69) is 30.9 Å². The third-order valence-corrected chi connectivity index (χ3v) is 7.97. The zero-order valence-electron chi connectivity index (χ0n) is 27.1. The van der Waals surface area contributed by atoms with Gasteiger partial charge in [0.1, 0.15) is 28.9 Å². The average Bonchev–Trinajstić information content (AvgIpc) is 3.44. The van der Waals surface area contributed by atoms with E-state index in [9.17, 15) is 24.0 Å². The molecule has 0 saturated carbocycles. The van der Waals surface area contributed by atoms with Crippen molar-refractivity contribution >= 4 is 40.4 Å². The second-order valence-corrected chi connectivity index (χ2v) is 12.0. The molecule has 3 atom stereocenters. The maximum Gasteiger partial charge on any atom is 0.342 e. The fourth-order valence-corrected chi connectivity index (χ4v) is 5.74. The summed E-state index contributed by atoms with van der Waals surface area (Å²) in [6.07, 6.45) is 1.57. The van der Waals surface area contributed by atoms with Gasteiger partial charge in [-0.1, -0.05) is 19.9 Å². The van der Waals surface area contributed by atoms with Crippen molar-refractivity contribution in [3.8, 4) is 5.75 Å². The number of esters is 1. The number of carbonyl (C=O) groups is 5. The molecule has 1 aliphatic heterocycles. The first kappa shape index (κ1) is 34.1. The van der Waals surface area contributed by atoms with Gasteiger partial charge in [0.15, 0.2) is 12.4 Å². The van der Waals surface area contributed by atoms with E-state index in [-0.39, 0.29) is 35.9 Å². The van der Waals surface area contributed by atoms with Crippen LogP contribution in [0.3, 0.4) is 0 Å². The maximum atomic E-state index is 13.7. The van der Waals surface area contributed by atoms with Crippen molar-refractivity contribution in [2.75, 3.05) is 20.3 Å². The summed E-state index contributed by atoms with van der Waals surface area (Å²) < 4.78 is 10.8. The number of nitrogens with one attached hydrogen (secondary N) is 4. The number of aromatic nitrogens is 3. The van der Waals surface area contributed by atoms with E-state index in [4.69, 9.17) is 9.47 Å². The molecule has 0 spiro atoms. The summed E-state index contributed by atoms with van der Waals surface area (Å²) in [5, 5.41) is 9.07. The molecule has 0 radical (unpaired) electrons. The number of carbonyl (C=O) groups excluding carboxylic acids is 5. The SMILES string of the molecule is COc1cccc2[nH]c(C(=O)N[C@@H](CC(C)C)C(=O)N[C@@H](C[C@@H]3CCCNC3=O)C(=O)COC(=O)c3c(C)nc(C)nc3C)cc12. The number of benzene rings is 1. The number of nitrogens with zero attached hydrogens (tertiary/aromatic N) is 2. The molecular weight excluding hydrogens is 592 g/mol. The van der Waals surface area contributed by atoms with Crippen molar-refractivity contribution in [3.05, 3.63) is 52.7 Å². The van der Waals surface area contributed by atoms with Crippen LogP contribution in [0.2, 0.25) is 0 Å². The molecule has 1 saturated heterocycles. The van der Waals surface area contributed by atoms with Gasteiger partial charge in [-0.3, -0.25) is 19.2 Å². The van der Waals surface area contributed by atoms with Crippen LogP contribution in [0.15, 0.2) is 24.3 Å². The fraction of sp³-hybridized carbons (Fsp3) is 0.485. The molecule has 4 rings (SSSR count). The summed E-state index contributed by atoms with van der Waals surface area (Å²) in [4.78, 5) is 77.5. The van der Waals surface area contributed by atoms with Crippen molar-refractivity contribution in [1.29, 1.82) is 0 Å². The fourth-order valence-electron chi connectivity index (χ4n) is 5.74. The number of ketones is 1. The number of rotatable bonds is 13. The Hall–Kier alpha value is -4.81. The first-order valence-electron chi connectivity index (χ1n) is 15.4. The Labute approximate surface area is 267 Å². The Morgan fingerprint density at radius 3 is 2.41 bits per heavy atom. The number of hydrogen-bond acceptors (Lipinski definition) is 9. The topological polar surface area (TPSA) is 181 Å². The van der Waals surface area contributed by atoms with Crippen LogP contribution in [-0.4, -0.2) is 76.8 Å². The van der Waals surface area contributed by atoms with E-state index in [0.29, 0.717) is 46.8 Å². The lowest BCUT2D eigenvalue weighted by Crippen LogP contribution is -2.54. The Balaban J connectivity index is 1.51. The number of hydrogen-bond donors (Lipinski definition) is 4. The van der Waals surface area contributed by atoms with Crippen molar-refractivity contribution in [2.45, 2.75) is 72.4 Å². The van der Waals surface area contributed by atoms with Crippen molar-refractivity contribution < 1.29 is 33.4 Å². The second-order valence-electron chi connectivity index (χ2n) is 12.0. The number of aromatic amines is 1. The molecule has 3 aromatic rings. The Morgan fingerprint density at radius 2 is 1.76 bits per heavy atom. The Kier molecular flexibility index (Phi) is 11.1. The van der Waals surface area contributed by atoms with Gasteiger partial charge in [0.2, 0.25) is 11.8 Å². The van der Waals surface area contributed by atoms with Gasteiger partial charge in [-0.15, -0.1) is 0 Å². The number of Topliss-reactive ketones (excluding diaryl/α,β-unsaturated/α-hetero) is 1. The highest BCUT2D eigenvalue weighted by Crippen LogP contribution is 2.26. The van der Waals surface area contributed by atoms with Crippen LogP contribution in [0.25, 0.3) is 10.9 Å². The van der Waals surface area contributed by atoms with Gasteiger partial charge in [-0.05, 0) is 70.6 Å². The number of methoxy groups -OCH3 is 1. The zero-order valence-corrected chi connectivity index (χ0v) is 27.1. The molecule has 1 aromatic carbocycles. The van der Waals surface area contributed by atoms with Crippen LogP contribution in [0.1, 0.15) is 77.6 Å². The van der Waals surface area contributed by atoms with Gasteiger partial charge in [-0.2, -0.15) is 0 Å². The van der Waals surface area contributed by atoms with Crippen LogP contribution in [0.4, 0.5) is 0 Å². The lowest BCUT2D eigenvalue weighted by Gasteiger charge is -2.28. The van der Waals surface area contributed by atoms with E-state index in [1.807, 2.05) is 19.9 Å². The molecule has 2 aromatic heterocycles. The van der Waals surface area contributed by atoms with E-state index in [1.54, 1.807) is 46.1 Å². The lowest BCUT2D eigenvalue weighted by molar-refractivity contribution is -0.133. The molecule has 4 N–H and O–H groups in total. The van der Waals surface area contributed by atoms with E-state index >= 15 is 0 Å². The molecule has 13 heteroatoms. The summed E-state index contributed by atoms with van der Waals surface area (Å²) >= 11 is 0. The summed E-state index contributed by atoms with van der Waals surface area (Å²) in [6, 6.07) is 4.91. The highest BCUT2D eigenvalue weighted by Gasteiger charge is 2.33. The third-order valence-electron chi connectivity index (χ3n) is 7.97. The predicted molar refractivity (Wildman–Crippen MR) is 169 cm³/mol. The van der Waals surface area contributed by atoms with Gasteiger partial charge >= 0.3 is 5.97 Å². The van der Waals surface area contributed by atoms with E-state index in [1.165, 1.54) is 0 Å². The summed E-state index contributed by atoms with van der Waals surface area (Å²) in [5.74, 6) is -2.05. The molecule has 0 bridgehead atoms.